The zero-order chi connectivity index (χ0) is 20.8. The molecule has 5 rings (SSSR count). The Kier molecular flexibility index (Phi) is 5.28. The van der Waals surface area contributed by atoms with E-state index in [1.54, 1.807) is 0 Å². The summed E-state index contributed by atoms with van der Waals surface area (Å²) in [7, 11) is 0. The Balaban J connectivity index is 1.46. The third-order valence-corrected chi connectivity index (χ3v) is 7.54. The van der Waals surface area contributed by atoms with Gasteiger partial charge in [0.05, 0.1) is 6.04 Å². The fourth-order valence-electron chi connectivity index (χ4n) is 5.18. The number of piperidine rings is 1. The average Bonchev–Trinajstić information content (AvgIpc) is 3.23. The van der Waals surface area contributed by atoms with Crippen LogP contribution in [-0.4, -0.2) is 23.9 Å². The maximum atomic E-state index is 13.1. The van der Waals surface area contributed by atoms with E-state index in [1.807, 2.05) is 29.2 Å². The Labute approximate surface area is 188 Å². The van der Waals surface area contributed by atoms with Crippen molar-refractivity contribution in [3.8, 4) is 0 Å². The second kappa shape index (κ2) is 7.94. The molecular weight excluding hydrogens is 415 g/mol. The Morgan fingerprint density at radius 3 is 2.63 bits per heavy atom. The third kappa shape index (κ3) is 3.52. The maximum Gasteiger partial charge on any atom is 0.253 e. The average molecular weight is 441 g/mol. The first-order chi connectivity index (χ1) is 14.5. The van der Waals surface area contributed by atoms with Crippen LogP contribution in [0.25, 0.3) is 0 Å². The number of benzene rings is 2. The lowest BCUT2D eigenvalue weighted by Crippen LogP contribution is -2.38. The molecule has 1 N–H and O–H groups in total. The van der Waals surface area contributed by atoms with Gasteiger partial charge in [-0.25, -0.2) is 0 Å². The number of likely N-dealkylation sites (tertiary alicyclic amines) is 1. The van der Waals surface area contributed by atoms with Crippen molar-refractivity contribution in [1.29, 1.82) is 0 Å². The van der Waals surface area contributed by atoms with Crippen LogP contribution in [0.4, 0.5) is 5.69 Å². The number of rotatable bonds is 2. The molecular formula is C25H26Cl2N2O. The quantitative estimate of drug-likeness (QED) is 0.527. The normalized spacial score (nSPS) is 25.6. The van der Waals surface area contributed by atoms with Gasteiger partial charge in [0.25, 0.3) is 5.91 Å². The van der Waals surface area contributed by atoms with E-state index in [0.29, 0.717) is 21.9 Å². The van der Waals surface area contributed by atoms with Gasteiger partial charge in [0, 0.05) is 40.3 Å². The topological polar surface area (TPSA) is 32.3 Å². The molecule has 0 bridgehead atoms. The van der Waals surface area contributed by atoms with Crippen LogP contribution in [0.5, 0.6) is 0 Å². The molecule has 2 heterocycles. The molecule has 1 saturated heterocycles. The molecule has 0 spiro atoms. The van der Waals surface area contributed by atoms with Crippen molar-refractivity contribution in [1.82, 2.24) is 4.90 Å². The first-order valence-electron chi connectivity index (χ1n) is 10.8. The lowest BCUT2D eigenvalue weighted by Gasteiger charge is -2.38. The Morgan fingerprint density at radius 2 is 1.87 bits per heavy atom. The number of carbonyl (C=O) groups excluding carboxylic acids is 1. The van der Waals surface area contributed by atoms with E-state index in [2.05, 4.69) is 36.5 Å². The molecule has 3 aliphatic rings. The van der Waals surface area contributed by atoms with Gasteiger partial charge in [0.15, 0.2) is 0 Å². The standard InChI is InChI=1S/C25H26Cl2N2O/c1-15-9-11-29(12-10-15)25(30)16-5-8-23-21(13-16)18-3-2-4-19(18)24(28-23)20-7-6-17(26)14-22(20)27/h2-3,5-8,13-15,18-19,24,28H,4,9-12H2,1H3. The maximum absolute atomic E-state index is 13.1. The Bertz CT molecular complexity index is 1010. The molecule has 1 fully saturated rings. The predicted octanol–water partition coefficient (Wildman–Crippen LogP) is 6.69. The number of allylic oxidation sites excluding steroid dienone is 2. The van der Waals surface area contributed by atoms with Crippen LogP contribution in [0, 0.1) is 11.8 Å². The van der Waals surface area contributed by atoms with Crippen LogP contribution < -0.4 is 5.32 Å². The highest BCUT2D eigenvalue weighted by Gasteiger charge is 2.39. The lowest BCUT2D eigenvalue weighted by molar-refractivity contribution is 0.0697. The van der Waals surface area contributed by atoms with Gasteiger partial charge in [0.1, 0.15) is 0 Å². The number of hydrogen-bond donors (Lipinski definition) is 1. The molecule has 5 heteroatoms. The zero-order valence-electron chi connectivity index (χ0n) is 17.1. The van der Waals surface area contributed by atoms with Gasteiger partial charge in [-0.2, -0.15) is 0 Å². The summed E-state index contributed by atoms with van der Waals surface area (Å²) in [6.07, 6.45) is 7.72. The van der Waals surface area contributed by atoms with Gasteiger partial charge < -0.3 is 10.2 Å². The van der Waals surface area contributed by atoms with Gasteiger partial charge in [-0.15, -0.1) is 0 Å². The van der Waals surface area contributed by atoms with Crippen molar-refractivity contribution in [2.75, 3.05) is 18.4 Å². The second-order valence-electron chi connectivity index (χ2n) is 8.92. The van der Waals surface area contributed by atoms with Gasteiger partial charge >= 0.3 is 0 Å². The van der Waals surface area contributed by atoms with E-state index in [9.17, 15) is 4.79 Å². The number of halogens is 2. The molecule has 30 heavy (non-hydrogen) atoms. The highest BCUT2D eigenvalue weighted by molar-refractivity contribution is 6.35. The number of carbonyl (C=O) groups is 1. The molecule has 2 aromatic rings. The van der Waals surface area contributed by atoms with Crippen LogP contribution in [0.3, 0.4) is 0 Å². The molecule has 1 amide bonds. The Hall–Kier alpha value is -1.97. The van der Waals surface area contributed by atoms with Gasteiger partial charge in [-0.05, 0) is 72.6 Å². The highest BCUT2D eigenvalue weighted by Crippen LogP contribution is 2.51. The predicted molar refractivity (Wildman–Crippen MR) is 124 cm³/mol. The van der Waals surface area contributed by atoms with Crippen LogP contribution in [0.1, 0.15) is 59.6 Å². The minimum Gasteiger partial charge on any atom is -0.378 e. The molecule has 3 unspecified atom stereocenters. The number of fused-ring (bicyclic) bond motifs is 3. The number of hydrogen-bond acceptors (Lipinski definition) is 2. The van der Waals surface area contributed by atoms with E-state index in [0.717, 1.165) is 49.2 Å². The molecule has 0 radical (unpaired) electrons. The van der Waals surface area contributed by atoms with E-state index in [-0.39, 0.29) is 17.9 Å². The highest BCUT2D eigenvalue weighted by atomic mass is 35.5. The summed E-state index contributed by atoms with van der Waals surface area (Å²) >= 11 is 12.7. The molecule has 0 aromatic heterocycles. The largest absolute Gasteiger partial charge is 0.378 e. The van der Waals surface area contributed by atoms with Gasteiger partial charge in [-0.3, -0.25) is 4.79 Å². The molecule has 156 valence electrons. The summed E-state index contributed by atoms with van der Waals surface area (Å²) in [4.78, 5) is 15.1. The molecule has 2 aliphatic heterocycles. The first-order valence-corrected chi connectivity index (χ1v) is 11.6. The molecule has 1 aliphatic carbocycles. The fourth-order valence-corrected chi connectivity index (χ4v) is 5.71. The summed E-state index contributed by atoms with van der Waals surface area (Å²) in [5.74, 6) is 1.53. The number of amides is 1. The SMILES string of the molecule is CC1CCN(C(=O)c2ccc3c(c2)C2C=CCC2C(c2ccc(Cl)cc2Cl)N3)CC1. The molecule has 3 atom stereocenters. The van der Waals surface area contributed by atoms with E-state index >= 15 is 0 Å². The van der Waals surface area contributed by atoms with Crippen molar-refractivity contribution in [3.05, 3.63) is 75.3 Å². The van der Waals surface area contributed by atoms with Crippen molar-refractivity contribution >= 4 is 34.8 Å². The van der Waals surface area contributed by atoms with Crippen LogP contribution in [0.15, 0.2) is 48.6 Å². The van der Waals surface area contributed by atoms with Crippen molar-refractivity contribution in [3.63, 3.8) is 0 Å². The van der Waals surface area contributed by atoms with E-state index in [4.69, 9.17) is 23.2 Å². The molecule has 2 aromatic carbocycles. The van der Waals surface area contributed by atoms with Crippen LogP contribution >= 0.6 is 23.2 Å². The fraction of sp³-hybridized carbons (Fsp3) is 0.400. The summed E-state index contributed by atoms with van der Waals surface area (Å²) in [5, 5.41) is 5.05. The minimum atomic E-state index is 0.118. The second-order valence-corrected chi connectivity index (χ2v) is 9.76. The number of anilines is 1. The van der Waals surface area contributed by atoms with Crippen molar-refractivity contribution in [2.45, 2.75) is 38.1 Å². The number of nitrogens with zero attached hydrogens (tertiary/aromatic N) is 1. The monoisotopic (exact) mass is 440 g/mol. The Morgan fingerprint density at radius 1 is 1.07 bits per heavy atom. The summed E-state index contributed by atoms with van der Waals surface area (Å²) in [6, 6.07) is 12.0. The van der Waals surface area contributed by atoms with Crippen LogP contribution in [0.2, 0.25) is 10.0 Å². The van der Waals surface area contributed by atoms with Gasteiger partial charge in [-0.1, -0.05) is 48.3 Å². The van der Waals surface area contributed by atoms with Gasteiger partial charge in [0.2, 0.25) is 0 Å². The summed E-state index contributed by atoms with van der Waals surface area (Å²) in [5.41, 5.74) is 4.18. The summed E-state index contributed by atoms with van der Waals surface area (Å²) in [6.45, 7) is 3.99. The lowest BCUT2D eigenvalue weighted by atomic mass is 9.76. The first kappa shape index (κ1) is 20.0. The van der Waals surface area contributed by atoms with E-state index in [1.165, 1.54) is 5.56 Å². The zero-order valence-corrected chi connectivity index (χ0v) is 18.6. The summed E-state index contributed by atoms with van der Waals surface area (Å²) < 4.78 is 0. The molecule has 3 nitrogen and oxygen atoms in total. The van der Waals surface area contributed by atoms with Crippen molar-refractivity contribution < 1.29 is 4.79 Å². The van der Waals surface area contributed by atoms with Crippen LogP contribution in [-0.2, 0) is 0 Å². The third-order valence-electron chi connectivity index (χ3n) is 6.98. The van der Waals surface area contributed by atoms with Crippen molar-refractivity contribution in [2.24, 2.45) is 11.8 Å². The minimum absolute atomic E-state index is 0.118. The molecule has 0 saturated carbocycles. The number of nitrogens with one attached hydrogen (secondary N) is 1. The van der Waals surface area contributed by atoms with E-state index < -0.39 is 0 Å². The smallest absolute Gasteiger partial charge is 0.253 e.